The van der Waals surface area contributed by atoms with Crippen LogP contribution in [0.4, 0.5) is 8.78 Å². The lowest BCUT2D eigenvalue weighted by Crippen LogP contribution is -2.32. The van der Waals surface area contributed by atoms with E-state index in [4.69, 9.17) is 4.84 Å². The second kappa shape index (κ2) is 5.27. The number of amides is 2. The molecule has 3 rings (SSSR count). The molecule has 9 heteroatoms. The fraction of sp³-hybridized carbons (Fsp3) is 0.143. The number of alkyl halides is 2. The minimum Gasteiger partial charge on any atom is -0.324 e. The van der Waals surface area contributed by atoms with E-state index in [1.54, 1.807) is 12.1 Å². The molecule has 2 heterocycles. The number of hydroxylamine groups is 2. The molecule has 0 N–H and O–H groups in total. The smallest absolute Gasteiger partial charge is 0.324 e. The van der Waals surface area contributed by atoms with Crippen molar-refractivity contribution in [3.05, 3.63) is 52.8 Å². The molecule has 2 amide bonds. The van der Waals surface area contributed by atoms with Gasteiger partial charge in [0.2, 0.25) is 0 Å². The number of carbonyl (C=O) groups excluding carboxylic acids is 3. The number of aryl methyl sites for hydroxylation is 1. The second-order valence-electron chi connectivity index (χ2n) is 4.73. The first-order valence-corrected chi connectivity index (χ1v) is 6.42. The highest BCUT2D eigenvalue weighted by Crippen LogP contribution is 2.25. The molecule has 2 aromatic rings. The lowest BCUT2D eigenvalue weighted by atomic mass is 10.1. The van der Waals surface area contributed by atoms with Gasteiger partial charge in [-0.25, -0.2) is 13.6 Å². The predicted molar refractivity (Wildman–Crippen MR) is 70.5 cm³/mol. The van der Waals surface area contributed by atoms with Crippen LogP contribution in [0.25, 0.3) is 0 Å². The average Bonchev–Trinajstić information content (AvgIpc) is 3.02. The highest BCUT2D eigenvalue weighted by atomic mass is 19.3. The van der Waals surface area contributed by atoms with Crippen LogP contribution in [0.15, 0.2) is 30.5 Å². The van der Waals surface area contributed by atoms with Gasteiger partial charge >= 0.3 is 5.97 Å². The largest absolute Gasteiger partial charge is 0.367 e. The van der Waals surface area contributed by atoms with Crippen molar-refractivity contribution in [3.63, 3.8) is 0 Å². The zero-order chi connectivity index (χ0) is 16.7. The van der Waals surface area contributed by atoms with Gasteiger partial charge in [-0.1, -0.05) is 17.2 Å². The van der Waals surface area contributed by atoms with Crippen molar-refractivity contribution >= 4 is 17.8 Å². The van der Waals surface area contributed by atoms with Gasteiger partial charge in [0.15, 0.2) is 0 Å². The first-order valence-electron chi connectivity index (χ1n) is 6.42. The Labute approximate surface area is 128 Å². The van der Waals surface area contributed by atoms with Gasteiger partial charge in [-0.15, -0.1) is 0 Å². The molecule has 0 saturated heterocycles. The molecule has 1 aromatic carbocycles. The highest BCUT2D eigenvalue weighted by Gasteiger charge is 2.39. The van der Waals surface area contributed by atoms with E-state index in [0.717, 1.165) is 10.9 Å². The van der Waals surface area contributed by atoms with E-state index in [2.05, 4.69) is 5.10 Å². The van der Waals surface area contributed by atoms with Crippen LogP contribution in [-0.4, -0.2) is 32.6 Å². The zero-order valence-corrected chi connectivity index (χ0v) is 11.7. The fourth-order valence-electron chi connectivity index (χ4n) is 2.21. The van der Waals surface area contributed by atoms with Gasteiger partial charge in [-0.2, -0.15) is 5.10 Å². The van der Waals surface area contributed by atoms with Crippen LogP contribution >= 0.6 is 0 Å². The number of fused-ring (bicyclic) bond motifs is 1. The Morgan fingerprint density at radius 1 is 1.17 bits per heavy atom. The molecule has 23 heavy (non-hydrogen) atoms. The summed E-state index contributed by atoms with van der Waals surface area (Å²) in [7, 11) is 1.35. The Morgan fingerprint density at radius 2 is 1.74 bits per heavy atom. The molecule has 118 valence electrons. The number of carbonyl (C=O) groups is 3. The molecule has 0 fully saturated rings. The minimum absolute atomic E-state index is 0.0746. The first-order chi connectivity index (χ1) is 10.9. The van der Waals surface area contributed by atoms with Gasteiger partial charge in [-0.05, 0) is 12.1 Å². The Bertz CT molecular complexity index is 796. The molecule has 0 atom stereocenters. The Kier molecular flexibility index (Phi) is 3.40. The summed E-state index contributed by atoms with van der Waals surface area (Å²) >= 11 is 0. The third-order valence-electron chi connectivity index (χ3n) is 3.21. The van der Waals surface area contributed by atoms with Crippen molar-refractivity contribution in [2.75, 3.05) is 0 Å². The summed E-state index contributed by atoms with van der Waals surface area (Å²) in [4.78, 5) is 40.9. The van der Waals surface area contributed by atoms with Crippen molar-refractivity contribution in [1.82, 2.24) is 14.8 Å². The normalized spacial score (nSPS) is 13.7. The predicted octanol–water partition coefficient (Wildman–Crippen LogP) is 1.73. The summed E-state index contributed by atoms with van der Waals surface area (Å²) in [5.74, 6) is -2.93. The Hall–Kier alpha value is -3.10. The van der Waals surface area contributed by atoms with Gasteiger partial charge in [0, 0.05) is 13.2 Å². The number of hydrogen-bond acceptors (Lipinski definition) is 5. The number of hydrogen-bond donors (Lipinski definition) is 0. The summed E-state index contributed by atoms with van der Waals surface area (Å²) < 4.78 is 26.7. The molecule has 0 saturated carbocycles. The Balaban J connectivity index is 1.88. The lowest BCUT2D eigenvalue weighted by Gasteiger charge is -2.12. The van der Waals surface area contributed by atoms with Crippen molar-refractivity contribution < 1.29 is 28.0 Å². The topological polar surface area (TPSA) is 81.5 Å². The molecular weight excluding hydrogens is 312 g/mol. The standard InChI is InChI=1S/C14H9F2N3O4/c1-18-6-9(10(17-18)11(15)16)14(22)23-19-12(20)7-4-2-3-5-8(7)13(19)21/h2-6,11H,1H3. The zero-order valence-electron chi connectivity index (χ0n) is 11.7. The number of nitrogens with zero attached hydrogens (tertiary/aromatic N) is 3. The van der Waals surface area contributed by atoms with E-state index in [-0.39, 0.29) is 16.2 Å². The molecule has 0 unspecified atom stereocenters. The van der Waals surface area contributed by atoms with Gasteiger partial charge in [-0.3, -0.25) is 14.3 Å². The van der Waals surface area contributed by atoms with Crippen molar-refractivity contribution in [3.8, 4) is 0 Å². The van der Waals surface area contributed by atoms with Crippen molar-refractivity contribution in [2.45, 2.75) is 6.43 Å². The van der Waals surface area contributed by atoms with Crippen LogP contribution in [0.2, 0.25) is 0 Å². The van der Waals surface area contributed by atoms with E-state index in [0.29, 0.717) is 0 Å². The van der Waals surface area contributed by atoms with E-state index in [1.807, 2.05) is 0 Å². The molecular formula is C14H9F2N3O4. The summed E-state index contributed by atoms with van der Waals surface area (Å²) in [6.45, 7) is 0. The summed E-state index contributed by atoms with van der Waals surface area (Å²) in [5.41, 5.74) is -1.15. The molecule has 1 aliphatic heterocycles. The number of benzene rings is 1. The number of rotatable bonds is 3. The molecule has 0 bridgehead atoms. The van der Waals surface area contributed by atoms with Crippen LogP contribution in [0.5, 0.6) is 0 Å². The van der Waals surface area contributed by atoms with Crippen LogP contribution in [-0.2, 0) is 11.9 Å². The molecule has 0 radical (unpaired) electrons. The average molecular weight is 321 g/mol. The maximum atomic E-state index is 12.9. The van der Waals surface area contributed by atoms with Gasteiger partial charge in [0.25, 0.3) is 18.2 Å². The lowest BCUT2D eigenvalue weighted by molar-refractivity contribution is -0.0587. The maximum absolute atomic E-state index is 12.9. The molecule has 0 spiro atoms. The summed E-state index contributed by atoms with van der Waals surface area (Å²) in [6.07, 6.45) is -1.97. The Morgan fingerprint density at radius 3 is 2.26 bits per heavy atom. The molecule has 0 aliphatic carbocycles. The van der Waals surface area contributed by atoms with E-state index >= 15 is 0 Å². The fourth-order valence-corrected chi connectivity index (χ4v) is 2.21. The molecule has 7 nitrogen and oxygen atoms in total. The molecule has 1 aromatic heterocycles. The third kappa shape index (κ3) is 2.35. The van der Waals surface area contributed by atoms with Gasteiger partial charge < -0.3 is 4.84 Å². The van der Waals surface area contributed by atoms with Crippen LogP contribution in [0.1, 0.15) is 43.2 Å². The van der Waals surface area contributed by atoms with Crippen LogP contribution in [0.3, 0.4) is 0 Å². The van der Waals surface area contributed by atoms with Crippen molar-refractivity contribution in [2.24, 2.45) is 7.05 Å². The van der Waals surface area contributed by atoms with E-state index < -0.39 is 35.5 Å². The number of imide groups is 1. The number of halogens is 2. The SMILES string of the molecule is Cn1cc(C(=O)ON2C(=O)c3ccccc3C2=O)c(C(F)F)n1. The second-order valence-corrected chi connectivity index (χ2v) is 4.73. The van der Waals surface area contributed by atoms with Gasteiger partial charge in [0.05, 0.1) is 11.1 Å². The highest BCUT2D eigenvalue weighted by molar-refractivity contribution is 6.21. The quantitative estimate of drug-likeness (QED) is 0.804. The van der Waals surface area contributed by atoms with Crippen LogP contribution in [0, 0.1) is 0 Å². The van der Waals surface area contributed by atoms with E-state index in [1.165, 1.54) is 19.2 Å². The third-order valence-corrected chi connectivity index (χ3v) is 3.21. The maximum Gasteiger partial charge on any atom is 0.367 e. The number of aromatic nitrogens is 2. The minimum atomic E-state index is -3.00. The van der Waals surface area contributed by atoms with Crippen molar-refractivity contribution in [1.29, 1.82) is 0 Å². The van der Waals surface area contributed by atoms with E-state index in [9.17, 15) is 23.2 Å². The molecule has 1 aliphatic rings. The monoisotopic (exact) mass is 321 g/mol. The summed E-state index contributed by atoms with van der Waals surface area (Å²) in [6, 6.07) is 5.90. The van der Waals surface area contributed by atoms with Crippen LogP contribution < -0.4 is 0 Å². The first kappa shape index (κ1) is 14.8. The van der Waals surface area contributed by atoms with Gasteiger partial charge in [0.1, 0.15) is 11.3 Å². The summed E-state index contributed by atoms with van der Waals surface area (Å²) in [5, 5.41) is 3.72.